The van der Waals surface area contributed by atoms with Crippen molar-refractivity contribution in [1.82, 2.24) is 10.2 Å². The molecular weight excluding hydrogens is 276 g/mol. The largest absolute Gasteiger partial charge is 0.344 e. The quantitative estimate of drug-likeness (QED) is 0.911. The van der Waals surface area contributed by atoms with Crippen LogP contribution in [0.5, 0.6) is 0 Å². The average Bonchev–Trinajstić information content (AvgIpc) is 2.82. The molecule has 1 aromatic rings. The highest BCUT2D eigenvalue weighted by Gasteiger charge is 2.30. The highest BCUT2D eigenvalue weighted by molar-refractivity contribution is 8.01. The van der Waals surface area contributed by atoms with Crippen molar-refractivity contribution in [3.63, 3.8) is 0 Å². The van der Waals surface area contributed by atoms with Crippen molar-refractivity contribution in [3.05, 3.63) is 17.0 Å². The standard InChI is InChI=1S/C14H20N2OS2/c1-9-7-12(11-5-6-18-14(11)19-9)15-10-3-4-13(17)16(2)8-10/h5-6,9-10,12,15H,3-4,7-8H2,1-2H3/t9-,10?,12?/m0/s1. The number of likely N-dealkylation sites (N-methyl/N-ethyl adjacent to an activating group) is 1. The van der Waals surface area contributed by atoms with Gasteiger partial charge < -0.3 is 10.2 Å². The molecule has 0 bridgehead atoms. The number of carbonyl (C=O) groups is 1. The van der Waals surface area contributed by atoms with E-state index in [4.69, 9.17) is 0 Å². The molecule has 0 radical (unpaired) electrons. The van der Waals surface area contributed by atoms with Crippen molar-refractivity contribution in [2.75, 3.05) is 13.6 Å². The summed E-state index contributed by atoms with van der Waals surface area (Å²) in [5.74, 6) is 0.279. The van der Waals surface area contributed by atoms with Crippen LogP contribution in [0.1, 0.15) is 37.8 Å². The molecule has 2 unspecified atom stereocenters. The Morgan fingerprint density at radius 1 is 1.47 bits per heavy atom. The summed E-state index contributed by atoms with van der Waals surface area (Å²) in [5.41, 5.74) is 1.47. The second kappa shape index (κ2) is 5.46. The number of amides is 1. The van der Waals surface area contributed by atoms with Gasteiger partial charge in [-0.05, 0) is 29.9 Å². The van der Waals surface area contributed by atoms with Crippen LogP contribution in [0, 0.1) is 0 Å². The summed E-state index contributed by atoms with van der Waals surface area (Å²) < 4.78 is 1.47. The second-order valence-corrected chi connectivity index (χ2v) is 8.18. The molecule has 3 heterocycles. The number of likely N-dealkylation sites (tertiary alicyclic amines) is 1. The zero-order valence-electron chi connectivity index (χ0n) is 11.4. The van der Waals surface area contributed by atoms with Crippen molar-refractivity contribution in [3.8, 4) is 0 Å². The third kappa shape index (κ3) is 2.83. The van der Waals surface area contributed by atoms with Crippen molar-refractivity contribution in [1.29, 1.82) is 0 Å². The minimum Gasteiger partial charge on any atom is -0.344 e. The van der Waals surface area contributed by atoms with E-state index in [-0.39, 0.29) is 5.91 Å². The molecule has 19 heavy (non-hydrogen) atoms. The van der Waals surface area contributed by atoms with E-state index in [0.29, 0.717) is 23.8 Å². The molecule has 3 atom stereocenters. The van der Waals surface area contributed by atoms with Gasteiger partial charge in [-0.2, -0.15) is 0 Å². The maximum absolute atomic E-state index is 11.5. The maximum atomic E-state index is 11.5. The smallest absolute Gasteiger partial charge is 0.222 e. The minimum absolute atomic E-state index is 0.279. The Bertz CT molecular complexity index is 474. The van der Waals surface area contributed by atoms with Gasteiger partial charge in [0.25, 0.3) is 0 Å². The molecule has 0 aliphatic carbocycles. The Kier molecular flexibility index (Phi) is 3.87. The lowest BCUT2D eigenvalue weighted by Crippen LogP contribution is -2.48. The third-order valence-corrected chi connectivity index (χ3v) is 6.32. The number of fused-ring (bicyclic) bond motifs is 1. The van der Waals surface area contributed by atoms with Gasteiger partial charge in [0.2, 0.25) is 5.91 Å². The molecular formula is C14H20N2OS2. The molecule has 2 aliphatic heterocycles. The van der Waals surface area contributed by atoms with E-state index in [1.54, 1.807) is 0 Å². The van der Waals surface area contributed by atoms with Gasteiger partial charge in [0, 0.05) is 37.3 Å². The van der Waals surface area contributed by atoms with E-state index < -0.39 is 0 Å². The fraction of sp³-hybridized carbons (Fsp3) is 0.643. The monoisotopic (exact) mass is 296 g/mol. The lowest BCUT2D eigenvalue weighted by Gasteiger charge is -2.35. The first kappa shape index (κ1) is 13.5. The molecule has 1 N–H and O–H groups in total. The molecule has 1 aromatic heterocycles. The van der Waals surface area contributed by atoms with Crippen LogP contribution in [0.4, 0.5) is 0 Å². The van der Waals surface area contributed by atoms with E-state index in [0.717, 1.165) is 13.0 Å². The van der Waals surface area contributed by atoms with Gasteiger partial charge >= 0.3 is 0 Å². The molecule has 1 amide bonds. The van der Waals surface area contributed by atoms with Crippen molar-refractivity contribution in [2.45, 2.75) is 47.7 Å². The first-order chi connectivity index (χ1) is 9.13. The van der Waals surface area contributed by atoms with Gasteiger partial charge in [-0.3, -0.25) is 4.79 Å². The Hall–Kier alpha value is -0.520. The summed E-state index contributed by atoms with van der Waals surface area (Å²) in [7, 11) is 1.91. The zero-order valence-corrected chi connectivity index (χ0v) is 13.0. The van der Waals surface area contributed by atoms with Crippen LogP contribution in [0.2, 0.25) is 0 Å². The number of nitrogens with zero attached hydrogens (tertiary/aromatic N) is 1. The van der Waals surface area contributed by atoms with Gasteiger partial charge in [0.15, 0.2) is 0 Å². The summed E-state index contributed by atoms with van der Waals surface area (Å²) in [4.78, 5) is 13.4. The number of thiophene rings is 1. The fourth-order valence-electron chi connectivity index (χ4n) is 2.94. The number of thioether (sulfide) groups is 1. The molecule has 0 spiro atoms. The van der Waals surface area contributed by atoms with Crippen molar-refractivity contribution >= 4 is 29.0 Å². The van der Waals surface area contributed by atoms with E-state index >= 15 is 0 Å². The van der Waals surface area contributed by atoms with E-state index in [1.165, 1.54) is 16.2 Å². The summed E-state index contributed by atoms with van der Waals surface area (Å²) >= 11 is 3.85. The molecule has 5 heteroatoms. The van der Waals surface area contributed by atoms with Crippen LogP contribution in [-0.2, 0) is 4.79 Å². The maximum Gasteiger partial charge on any atom is 0.222 e. The fourth-order valence-corrected chi connectivity index (χ4v) is 5.51. The Balaban J connectivity index is 1.69. The molecule has 1 fully saturated rings. The topological polar surface area (TPSA) is 32.3 Å². The number of hydrogen-bond acceptors (Lipinski definition) is 4. The highest BCUT2D eigenvalue weighted by Crippen LogP contribution is 2.44. The summed E-state index contributed by atoms with van der Waals surface area (Å²) in [6.45, 7) is 3.15. The zero-order chi connectivity index (χ0) is 13.4. The van der Waals surface area contributed by atoms with Crippen LogP contribution in [-0.4, -0.2) is 35.7 Å². The van der Waals surface area contributed by atoms with Crippen LogP contribution < -0.4 is 5.32 Å². The number of hydrogen-bond donors (Lipinski definition) is 1. The van der Waals surface area contributed by atoms with E-state index in [9.17, 15) is 4.79 Å². The normalized spacial score (nSPS) is 31.4. The molecule has 2 aliphatic rings. The van der Waals surface area contributed by atoms with E-state index in [1.807, 2.05) is 35.0 Å². The average molecular weight is 296 g/mol. The van der Waals surface area contributed by atoms with Gasteiger partial charge in [0.1, 0.15) is 0 Å². The first-order valence-electron chi connectivity index (χ1n) is 6.87. The number of rotatable bonds is 2. The molecule has 3 nitrogen and oxygen atoms in total. The summed E-state index contributed by atoms with van der Waals surface area (Å²) in [6.07, 6.45) is 2.84. The van der Waals surface area contributed by atoms with Gasteiger partial charge in [0.05, 0.1) is 4.21 Å². The summed E-state index contributed by atoms with van der Waals surface area (Å²) in [6, 6.07) is 3.16. The van der Waals surface area contributed by atoms with Crippen LogP contribution in [0.25, 0.3) is 0 Å². The SMILES string of the molecule is C[C@H]1CC(NC2CCC(=O)N(C)C2)c2ccsc2S1. The van der Waals surface area contributed by atoms with E-state index in [2.05, 4.69) is 23.7 Å². The number of piperidine rings is 1. The lowest BCUT2D eigenvalue weighted by atomic mass is 10.00. The molecule has 1 saturated heterocycles. The van der Waals surface area contributed by atoms with Gasteiger partial charge in [-0.1, -0.05) is 6.92 Å². The third-order valence-electron chi connectivity index (χ3n) is 3.97. The minimum atomic E-state index is 0.279. The number of nitrogens with one attached hydrogen (secondary N) is 1. The van der Waals surface area contributed by atoms with Crippen LogP contribution in [0.3, 0.4) is 0 Å². The predicted octanol–water partition coefficient (Wildman–Crippen LogP) is 2.88. The van der Waals surface area contributed by atoms with Crippen LogP contribution in [0.15, 0.2) is 15.7 Å². The van der Waals surface area contributed by atoms with Gasteiger partial charge in [-0.25, -0.2) is 0 Å². The first-order valence-corrected chi connectivity index (χ1v) is 8.63. The number of carbonyl (C=O) groups excluding carboxylic acids is 1. The Morgan fingerprint density at radius 2 is 2.32 bits per heavy atom. The molecule has 0 saturated carbocycles. The van der Waals surface area contributed by atoms with Crippen LogP contribution >= 0.6 is 23.1 Å². The van der Waals surface area contributed by atoms with Crippen molar-refractivity contribution < 1.29 is 4.79 Å². The highest BCUT2D eigenvalue weighted by atomic mass is 32.2. The molecule has 104 valence electrons. The molecule has 0 aromatic carbocycles. The summed E-state index contributed by atoms with van der Waals surface area (Å²) in [5, 5.41) is 6.65. The predicted molar refractivity (Wildman–Crippen MR) is 80.8 cm³/mol. The van der Waals surface area contributed by atoms with Gasteiger partial charge in [-0.15, -0.1) is 23.1 Å². The Labute approximate surface area is 122 Å². The molecule has 3 rings (SSSR count). The van der Waals surface area contributed by atoms with Crippen molar-refractivity contribution in [2.24, 2.45) is 0 Å². The second-order valence-electron chi connectivity index (χ2n) is 5.56. The lowest BCUT2D eigenvalue weighted by molar-refractivity contribution is -0.132. The Morgan fingerprint density at radius 3 is 3.11 bits per heavy atom.